The Kier molecular flexibility index (Phi) is 4.40. The van der Waals surface area contributed by atoms with Gasteiger partial charge < -0.3 is 10.1 Å². The molecule has 33 heavy (non-hydrogen) atoms. The number of nitrogens with zero attached hydrogens (tertiary/aromatic N) is 2. The van der Waals surface area contributed by atoms with Crippen molar-refractivity contribution in [2.75, 3.05) is 31.6 Å². The Morgan fingerprint density at radius 1 is 1.24 bits per heavy atom. The summed E-state index contributed by atoms with van der Waals surface area (Å²) < 4.78 is 78.0. The third-order valence-corrected chi connectivity index (χ3v) is 6.01. The second kappa shape index (κ2) is 9.59. The molecule has 2 fully saturated rings. The summed E-state index contributed by atoms with van der Waals surface area (Å²) in [6.07, 6.45) is -5.70. The number of rotatable bonds is 6. The number of amides is 2. The van der Waals surface area contributed by atoms with Crippen molar-refractivity contribution < 1.29 is 28.3 Å². The Labute approximate surface area is 202 Å². The van der Waals surface area contributed by atoms with Crippen LogP contribution in [0.1, 0.15) is 44.6 Å². The molecule has 3 aliphatic heterocycles. The summed E-state index contributed by atoms with van der Waals surface area (Å²) in [5.74, 6) is -3.17. The number of hydrogen-bond acceptors (Lipinski definition) is 6. The first-order valence-electron chi connectivity index (χ1n) is 14.4. The molecule has 0 aliphatic carbocycles. The zero-order chi connectivity index (χ0) is 29.0. The van der Waals surface area contributed by atoms with E-state index in [1.54, 1.807) is 18.2 Å². The van der Waals surface area contributed by atoms with Crippen molar-refractivity contribution >= 4 is 17.5 Å². The van der Waals surface area contributed by atoms with E-state index in [9.17, 15) is 9.59 Å². The molecule has 2 aromatic carbocycles. The van der Waals surface area contributed by atoms with Crippen LogP contribution in [-0.2, 0) is 40.5 Å². The Bertz CT molecular complexity index is 1370. The van der Waals surface area contributed by atoms with Gasteiger partial charge in [0.15, 0.2) is 0 Å². The van der Waals surface area contributed by atoms with E-state index in [0.717, 1.165) is 5.56 Å². The minimum atomic E-state index is -2.92. The third-order valence-electron chi connectivity index (χ3n) is 6.01. The predicted octanol–water partition coefficient (Wildman–Crippen LogP) is 2.39. The van der Waals surface area contributed by atoms with Crippen LogP contribution in [0.5, 0.6) is 0 Å². The number of piperidine rings is 1. The molecule has 7 nitrogen and oxygen atoms in total. The molecule has 2 amide bonds. The SMILES string of the molecule is [2H]c1c([2H])c(CN2CCOCC2)c([2H])c(CNc2cccc3c2CN(C2C(=O)NC(=O)C([2H])([2H])C2([2H])[2H])C3)c1F. The molecule has 0 aromatic heterocycles. The molecule has 0 radical (unpaired) electrons. The predicted molar refractivity (Wildman–Crippen MR) is 122 cm³/mol. The van der Waals surface area contributed by atoms with Crippen LogP contribution in [-0.4, -0.2) is 54.0 Å². The van der Waals surface area contributed by atoms with E-state index in [-0.39, 0.29) is 49.4 Å². The van der Waals surface area contributed by atoms with E-state index in [2.05, 4.69) is 5.32 Å². The van der Waals surface area contributed by atoms with E-state index < -0.39 is 42.5 Å². The van der Waals surface area contributed by atoms with Crippen LogP contribution in [0, 0.1) is 5.82 Å². The molecule has 1 atom stereocenters. The van der Waals surface area contributed by atoms with Gasteiger partial charge in [-0.25, -0.2) is 4.39 Å². The van der Waals surface area contributed by atoms with Crippen molar-refractivity contribution in [3.8, 4) is 0 Å². The molecule has 3 heterocycles. The van der Waals surface area contributed by atoms with Gasteiger partial charge in [0.05, 0.1) is 23.4 Å². The van der Waals surface area contributed by atoms with Crippen LogP contribution >= 0.6 is 0 Å². The number of benzene rings is 2. The van der Waals surface area contributed by atoms with Gasteiger partial charge in [0.1, 0.15) is 5.82 Å². The second-order valence-corrected chi connectivity index (χ2v) is 8.23. The second-order valence-electron chi connectivity index (χ2n) is 8.23. The topological polar surface area (TPSA) is 73.9 Å². The van der Waals surface area contributed by atoms with Crippen LogP contribution in [0.2, 0.25) is 0 Å². The smallest absolute Gasteiger partial charge is 0.243 e. The molecule has 0 saturated carbocycles. The van der Waals surface area contributed by atoms with Gasteiger partial charge in [-0.3, -0.25) is 24.7 Å². The van der Waals surface area contributed by atoms with E-state index in [0.29, 0.717) is 37.6 Å². The van der Waals surface area contributed by atoms with E-state index >= 15 is 4.39 Å². The fourth-order valence-corrected chi connectivity index (χ4v) is 4.30. The molecule has 0 bridgehead atoms. The van der Waals surface area contributed by atoms with Crippen molar-refractivity contribution in [3.05, 3.63) is 64.4 Å². The van der Waals surface area contributed by atoms with Gasteiger partial charge in [0.25, 0.3) is 0 Å². The molecule has 2 aromatic rings. The lowest BCUT2D eigenvalue weighted by Gasteiger charge is -2.29. The molecular weight excluding hydrogens is 423 g/mol. The first kappa shape index (κ1) is 15.2. The number of carbonyl (C=O) groups excluding carboxylic acids is 2. The van der Waals surface area contributed by atoms with Crippen molar-refractivity contribution in [2.45, 2.75) is 45.0 Å². The zero-order valence-corrected chi connectivity index (χ0v) is 18.0. The Morgan fingerprint density at radius 3 is 2.94 bits per heavy atom. The van der Waals surface area contributed by atoms with E-state index in [1.165, 1.54) is 4.90 Å². The molecule has 2 saturated heterocycles. The van der Waals surface area contributed by atoms with Crippen molar-refractivity contribution in [1.29, 1.82) is 0 Å². The van der Waals surface area contributed by atoms with Gasteiger partial charge in [-0.1, -0.05) is 18.2 Å². The fourth-order valence-electron chi connectivity index (χ4n) is 4.30. The van der Waals surface area contributed by atoms with Crippen LogP contribution < -0.4 is 10.6 Å². The summed E-state index contributed by atoms with van der Waals surface area (Å²) in [5, 5.41) is 5.05. The van der Waals surface area contributed by atoms with Gasteiger partial charge >= 0.3 is 0 Å². The lowest BCUT2D eigenvalue weighted by molar-refractivity contribution is -0.137. The van der Waals surface area contributed by atoms with Crippen molar-refractivity contribution in [3.63, 3.8) is 0 Å². The van der Waals surface area contributed by atoms with Gasteiger partial charge in [-0.15, -0.1) is 0 Å². The Balaban J connectivity index is 1.38. The number of ether oxygens (including phenoxy) is 1. The maximum absolute atomic E-state index is 15.1. The largest absolute Gasteiger partial charge is 0.381 e. The molecule has 8 heteroatoms. The van der Waals surface area contributed by atoms with E-state index in [4.69, 9.17) is 14.3 Å². The number of anilines is 1. The van der Waals surface area contributed by atoms with Gasteiger partial charge in [0, 0.05) is 62.4 Å². The first-order valence-corrected chi connectivity index (χ1v) is 10.9. The summed E-state index contributed by atoms with van der Waals surface area (Å²) in [5.41, 5.74) is 2.20. The van der Waals surface area contributed by atoms with Crippen LogP contribution in [0.3, 0.4) is 0 Å². The third kappa shape index (κ3) is 4.93. The number of imide groups is 1. The molecular formula is C25H29FN4O3. The molecule has 3 aliphatic rings. The van der Waals surface area contributed by atoms with Crippen molar-refractivity contribution in [2.24, 2.45) is 0 Å². The molecule has 5 rings (SSSR count). The maximum Gasteiger partial charge on any atom is 0.243 e. The molecule has 2 N–H and O–H groups in total. The molecule has 1 unspecified atom stereocenters. The normalized spacial score (nSPS) is 27.8. The van der Waals surface area contributed by atoms with Crippen LogP contribution in [0.4, 0.5) is 10.1 Å². The average Bonchev–Trinajstić information content (AvgIpc) is 3.33. The Hall–Kier alpha value is -2.81. The highest BCUT2D eigenvalue weighted by molar-refractivity contribution is 6.00. The number of hydrogen-bond donors (Lipinski definition) is 2. The highest BCUT2D eigenvalue weighted by Gasteiger charge is 2.35. The summed E-state index contributed by atoms with van der Waals surface area (Å²) in [7, 11) is 0. The number of morpholine rings is 1. The van der Waals surface area contributed by atoms with Gasteiger partial charge in [0.2, 0.25) is 11.8 Å². The zero-order valence-electron chi connectivity index (χ0n) is 25.0. The summed E-state index contributed by atoms with van der Waals surface area (Å²) in [4.78, 5) is 28.1. The highest BCUT2D eigenvalue weighted by Crippen LogP contribution is 2.32. The lowest BCUT2D eigenvalue weighted by Crippen LogP contribution is -2.50. The number of fused-ring (bicyclic) bond motifs is 1. The maximum atomic E-state index is 15.1. The summed E-state index contributed by atoms with van der Waals surface area (Å²) in [6.45, 7) is 2.53. The molecule has 0 spiro atoms. The number of carbonyl (C=O) groups is 2. The van der Waals surface area contributed by atoms with Crippen LogP contribution in [0.25, 0.3) is 0 Å². The quantitative estimate of drug-likeness (QED) is 0.647. The minimum absolute atomic E-state index is 0.0496. The summed E-state index contributed by atoms with van der Waals surface area (Å²) >= 11 is 0. The lowest BCUT2D eigenvalue weighted by atomic mass is 10.0. The van der Waals surface area contributed by atoms with Crippen molar-refractivity contribution in [1.82, 2.24) is 15.1 Å². The highest BCUT2D eigenvalue weighted by atomic mass is 19.1. The first-order chi connectivity index (χ1) is 18.8. The minimum Gasteiger partial charge on any atom is -0.381 e. The number of nitrogens with one attached hydrogen (secondary N) is 2. The van der Waals surface area contributed by atoms with Gasteiger partial charge in [-0.2, -0.15) is 0 Å². The van der Waals surface area contributed by atoms with Gasteiger partial charge in [-0.05, 0) is 41.2 Å². The monoisotopic (exact) mass is 459 g/mol. The average molecular weight is 460 g/mol. The Morgan fingerprint density at radius 2 is 2.09 bits per heavy atom. The van der Waals surface area contributed by atoms with Crippen LogP contribution in [0.15, 0.2) is 36.3 Å². The van der Waals surface area contributed by atoms with E-state index in [1.807, 2.05) is 10.2 Å². The standard InChI is InChI=1S/C25H29FN4O3/c26-21-5-4-17(14-29-8-10-33-11-9-29)12-19(21)13-27-22-3-1-2-18-15-30(16-20(18)22)23-6-7-24(31)28-25(23)32/h1-5,12,23,27H,6-11,13-16H2,(H,28,31,32)/i4D,5D,6D2,7D2,12D. The number of halogens is 1. The summed E-state index contributed by atoms with van der Waals surface area (Å²) in [6, 6.07) is 2.64. The fraction of sp³-hybridized carbons (Fsp3) is 0.440. The molecule has 174 valence electrons.